The molecule has 0 bridgehead atoms. The molecule has 0 aromatic heterocycles. The number of carbonyl (C=O) groups is 1. The first-order valence-corrected chi connectivity index (χ1v) is 6.43. The van der Waals surface area contributed by atoms with Crippen LogP contribution in [0.2, 0.25) is 0 Å². The van der Waals surface area contributed by atoms with Crippen molar-refractivity contribution >= 4 is 33.3 Å². The van der Waals surface area contributed by atoms with Crippen LogP contribution in [0.1, 0.15) is 15.9 Å². The molecule has 0 spiro atoms. The van der Waals surface area contributed by atoms with Gasteiger partial charge in [-0.15, -0.1) is 0 Å². The zero-order valence-corrected chi connectivity index (χ0v) is 12.0. The van der Waals surface area contributed by atoms with E-state index in [1.807, 2.05) is 6.92 Å². The van der Waals surface area contributed by atoms with Gasteiger partial charge in [-0.2, -0.15) is 0 Å². The molecule has 0 amide bonds. The molecule has 2 aromatic carbocycles. The first-order valence-electron chi connectivity index (χ1n) is 5.64. The molecule has 6 heteroatoms. The van der Waals surface area contributed by atoms with Crippen LogP contribution in [0.4, 0.5) is 20.2 Å². The molecule has 0 radical (unpaired) electrons. The number of halogens is 3. The Morgan fingerprint density at radius 2 is 1.80 bits per heavy atom. The second kappa shape index (κ2) is 5.58. The molecule has 0 saturated carbocycles. The van der Waals surface area contributed by atoms with E-state index in [0.29, 0.717) is 10.2 Å². The molecule has 0 aliphatic heterocycles. The summed E-state index contributed by atoms with van der Waals surface area (Å²) in [7, 11) is 0. The summed E-state index contributed by atoms with van der Waals surface area (Å²) in [5.41, 5.74) is 0.647. The van der Waals surface area contributed by atoms with Gasteiger partial charge in [0.1, 0.15) is 5.69 Å². The molecule has 20 heavy (non-hydrogen) atoms. The summed E-state index contributed by atoms with van der Waals surface area (Å²) in [5, 5.41) is 11.3. The van der Waals surface area contributed by atoms with Gasteiger partial charge in [-0.05, 0) is 52.7 Å². The number of anilines is 2. The zero-order valence-electron chi connectivity index (χ0n) is 10.4. The van der Waals surface area contributed by atoms with E-state index in [0.717, 1.165) is 17.7 Å². The van der Waals surface area contributed by atoms with Gasteiger partial charge in [-0.1, -0.05) is 6.07 Å². The third-order valence-corrected chi connectivity index (χ3v) is 3.33. The SMILES string of the molecule is Cc1ccc(Nc2c(F)cc(C(=O)O)cc2F)c(Br)c1. The van der Waals surface area contributed by atoms with Crippen molar-refractivity contribution in [2.24, 2.45) is 0 Å². The van der Waals surface area contributed by atoms with Crippen molar-refractivity contribution in [2.75, 3.05) is 5.32 Å². The Balaban J connectivity index is 2.41. The minimum Gasteiger partial charge on any atom is -0.478 e. The van der Waals surface area contributed by atoms with Crippen LogP contribution in [0.25, 0.3) is 0 Å². The van der Waals surface area contributed by atoms with Gasteiger partial charge in [0.05, 0.1) is 11.3 Å². The highest BCUT2D eigenvalue weighted by molar-refractivity contribution is 9.10. The second-order valence-electron chi connectivity index (χ2n) is 4.23. The van der Waals surface area contributed by atoms with Crippen LogP contribution in [0.3, 0.4) is 0 Å². The number of benzene rings is 2. The van der Waals surface area contributed by atoms with Crippen LogP contribution >= 0.6 is 15.9 Å². The zero-order chi connectivity index (χ0) is 14.9. The maximum absolute atomic E-state index is 13.8. The normalized spacial score (nSPS) is 10.4. The molecule has 0 unspecified atom stereocenters. The topological polar surface area (TPSA) is 49.3 Å². The molecule has 0 fully saturated rings. The Morgan fingerprint density at radius 1 is 1.20 bits per heavy atom. The lowest BCUT2D eigenvalue weighted by molar-refractivity contribution is 0.0696. The molecule has 2 aromatic rings. The highest BCUT2D eigenvalue weighted by Gasteiger charge is 2.15. The fraction of sp³-hybridized carbons (Fsp3) is 0.0714. The summed E-state index contributed by atoms with van der Waals surface area (Å²) >= 11 is 3.29. The average molecular weight is 342 g/mol. The third kappa shape index (κ3) is 2.96. The first kappa shape index (κ1) is 14.5. The van der Waals surface area contributed by atoms with Gasteiger partial charge in [-0.25, -0.2) is 13.6 Å². The third-order valence-electron chi connectivity index (χ3n) is 2.67. The maximum atomic E-state index is 13.8. The number of nitrogens with one attached hydrogen (secondary N) is 1. The monoisotopic (exact) mass is 341 g/mol. The Labute approximate surface area is 122 Å². The van der Waals surface area contributed by atoms with Crippen molar-refractivity contribution < 1.29 is 18.7 Å². The van der Waals surface area contributed by atoms with Crippen LogP contribution in [0, 0.1) is 18.6 Å². The molecule has 2 N–H and O–H groups in total. The Bertz CT molecular complexity index is 666. The summed E-state index contributed by atoms with van der Waals surface area (Å²) in [5.74, 6) is -3.31. The molecule has 0 aliphatic rings. The van der Waals surface area contributed by atoms with Gasteiger partial charge in [0, 0.05) is 4.47 Å². The van der Waals surface area contributed by atoms with Crippen LogP contribution in [0.15, 0.2) is 34.8 Å². The summed E-state index contributed by atoms with van der Waals surface area (Å²) in [6.07, 6.45) is 0. The lowest BCUT2D eigenvalue weighted by atomic mass is 10.1. The summed E-state index contributed by atoms with van der Waals surface area (Å²) in [6.45, 7) is 1.89. The van der Waals surface area contributed by atoms with Gasteiger partial charge in [0.15, 0.2) is 11.6 Å². The lowest BCUT2D eigenvalue weighted by Gasteiger charge is -2.11. The second-order valence-corrected chi connectivity index (χ2v) is 5.08. The quantitative estimate of drug-likeness (QED) is 0.865. The lowest BCUT2D eigenvalue weighted by Crippen LogP contribution is -2.03. The number of aromatic carboxylic acids is 1. The van der Waals surface area contributed by atoms with Gasteiger partial charge in [0.2, 0.25) is 0 Å². The van der Waals surface area contributed by atoms with Crippen molar-refractivity contribution in [3.05, 3.63) is 57.6 Å². The number of hydrogen-bond acceptors (Lipinski definition) is 2. The van der Waals surface area contributed by atoms with E-state index in [1.54, 1.807) is 18.2 Å². The van der Waals surface area contributed by atoms with Crippen LogP contribution < -0.4 is 5.32 Å². The first-order chi connectivity index (χ1) is 9.38. The molecule has 0 atom stereocenters. The van der Waals surface area contributed by atoms with Crippen molar-refractivity contribution in [3.8, 4) is 0 Å². The number of aryl methyl sites for hydroxylation is 1. The predicted octanol–water partition coefficient (Wildman–Crippen LogP) is 4.48. The molecule has 2 rings (SSSR count). The van der Waals surface area contributed by atoms with Crippen molar-refractivity contribution in [2.45, 2.75) is 6.92 Å². The van der Waals surface area contributed by atoms with Crippen LogP contribution in [-0.4, -0.2) is 11.1 Å². The summed E-state index contributed by atoms with van der Waals surface area (Å²) in [4.78, 5) is 10.7. The summed E-state index contributed by atoms with van der Waals surface area (Å²) in [6, 6.07) is 6.80. The molecular weight excluding hydrogens is 332 g/mol. The minimum atomic E-state index is -1.38. The average Bonchev–Trinajstić information content (AvgIpc) is 2.35. The summed E-state index contributed by atoms with van der Waals surface area (Å²) < 4.78 is 28.2. The fourth-order valence-corrected chi connectivity index (χ4v) is 2.26. The molecule has 0 aliphatic carbocycles. The standard InChI is InChI=1S/C14H10BrF2NO2/c1-7-2-3-12(9(15)4-7)18-13-10(16)5-8(14(19)20)6-11(13)17/h2-6,18H,1H3,(H,19,20). The van der Waals surface area contributed by atoms with Gasteiger partial charge in [-0.3, -0.25) is 0 Å². The predicted molar refractivity (Wildman–Crippen MR) is 75.5 cm³/mol. The van der Waals surface area contributed by atoms with Crippen LogP contribution in [-0.2, 0) is 0 Å². The van der Waals surface area contributed by atoms with E-state index in [1.165, 1.54) is 0 Å². The highest BCUT2D eigenvalue weighted by Crippen LogP contribution is 2.30. The van der Waals surface area contributed by atoms with Gasteiger partial charge < -0.3 is 10.4 Å². The van der Waals surface area contributed by atoms with E-state index < -0.39 is 23.2 Å². The minimum absolute atomic E-state index is 0.389. The molecule has 0 heterocycles. The van der Waals surface area contributed by atoms with Crippen molar-refractivity contribution in [3.63, 3.8) is 0 Å². The molecule has 104 valence electrons. The highest BCUT2D eigenvalue weighted by atomic mass is 79.9. The Morgan fingerprint density at radius 3 is 2.30 bits per heavy atom. The maximum Gasteiger partial charge on any atom is 0.335 e. The fourth-order valence-electron chi connectivity index (χ4n) is 1.67. The van der Waals surface area contributed by atoms with E-state index in [2.05, 4.69) is 21.2 Å². The van der Waals surface area contributed by atoms with Gasteiger partial charge >= 0.3 is 5.97 Å². The van der Waals surface area contributed by atoms with Gasteiger partial charge in [0.25, 0.3) is 0 Å². The number of carboxylic acids is 1. The van der Waals surface area contributed by atoms with E-state index in [4.69, 9.17) is 5.11 Å². The number of hydrogen-bond donors (Lipinski definition) is 2. The largest absolute Gasteiger partial charge is 0.478 e. The molecule has 0 saturated heterocycles. The van der Waals surface area contributed by atoms with Crippen molar-refractivity contribution in [1.29, 1.82) is 0 Å². The van der Waals surface area contributed by atoms with Crippen LogP contribution in [0.5, 0.6) is 0 Å². The Hall–Kier alpha value is -1.95. The molecule has 3 nitrogen and oxygen atoms in total. The smallest absolute Gasteiger partial charge is 0.335 e. The molecular formula is C14H10BrF2NO2. The number of rotatable bonds is 3. The van der Waals surface area contributed by atoms with E-state index in [-0.39, 0.29) is 5.69 Å². The van der Waals surface area contributed by atoms with Crippen molar-refractivity contribution in [1.82, 2.24) is 0 Å². The number of carboxylic acid groups (broad SMARTS) is 1. The Kier molecular flexibility index (Phi) is 4.04. The van der Waals surface area contributed by atoms with E-state index >= 15 is 0 Å². The van der Waals surface area contributed by atoms with E-state index in [9.17, 15) is 13.6 Å².